The van der Waals surface area contributed by atoms with Crippen molar-refractivity contribution in [3.63, 3.8) is 0 Å². The third-order valence-corrected chi connectivity index (χ3v) is 7.76. The number of hydrogen-bond donors (Lipinski definition) is 2. The summed E-state index contributed by atoms with van der Waals surface area (Å²) in [5.74, 6) is -5.18. The lowest BCUT2D eigenvalue weighted by Crippen LogP contribution is -2.39. The first-order chi connectivity index (χ1) is 21.2. The number of likely N-dealkylation sites (tertiary alicyclic amines) is 1. The van der Waals surface area contributed by atoms with E-state index in [0.29, 0.717) is 12.2 Å². The predicted octanol–water partition coefficient (Wildman–Crippen LogP) is 6.25. The monoisotopic (exact) mass is 602 g/mol. The molecule has 1 saturated heterocycles. The van der Waals surface area contributed by atoms with Gasteiger partial charge in [0, 0.05) is 36.0 Å². The van der Waals surface area contributed by atoms with E-state index in [4.69, 9.17) is 0 Å². The third kappa shape index (κ3) is 7.41. The molecule has 2 N–H and O–H groups in total. The topological polar surface area (TPSA) is 85.2 Å². The molecule has 3 aromatic rings. The molecule has 6 nitrogen and oxygen atoms in total. The molecule has 2 aliphatic rings. The molecule has 3 aromatic carbocycles. The van der Waals surface area contributed by atoms with Gasteiger partial charge < -0.3 is 15.5 Å². The van der Waals surface area contributed by atoms with Crippen molar-refractivity contribution in [1.82, 2.24) is 10.2 Å². The van der Waals surface area contributed by atoms with Gasteiger partial charge in [0.25, 0.3) is 5.91 Å². The van der Waals surface area contributed by atoms with Crippen LogP contribution in [0.1, 0.15) is 52.7 Å². The highest BCUT2D eigenvalue weighted by Gasteiger charge is 2.30. The summed E-state index contributed by atoms with van der Waals surface area (Å²) >= 11 is 0. The van der Waals surface area contributed by atoms with Crippen molar-refractivity contribution in [3.8, 4) is 6.07 Å². The number of amides is 1. The van der Waals surface area contributed by atoms with Crippen LogP contribution in [0.2, 0.25) is 0 Å². The molecular weight excluding hydrogens is 572 g/mol. The maximum atomic E-state index is 13.9. The molecule has 1 aliphatic carbocycles. The number of nitriles is 1. The number of rotatable bonds is 8. The molecule has 226 valence electrons. The van der Waals surface area contributed by atoms with Crippen LogP contribution in [0.3, 0.4) is 0 Å². The Kier molecular flexibility index (Phi) is 9.56. The van der Waals surface area contributed by atoms with Gasteiger partial charge >= 0.3 is 0 Å². The molecule has 0 bridgehead atoms. The number of carbonyl (C=O) groups excluding carboxylic acids is 2. The Morgan fingerprint density at radius 1 is 0.864 bits per heavy atom. The Bertz CT molecular complexity index is 1620. The standard InChI is InChI=1S/C34H30F4N4O2/c35-29-7-3-21(15-31(29)37)13-23-17-27(18-24(33(23)43)14-22-4-8-30(36)32(38)16-22)41-34(44)28-6-5-26(19-25(28)20-39)40-9-12-42-10-1-2-11-42/h3-8,13-16,19,27,40H,1-2,9-12,17-18H2,(H,41,44)/b23-13+,24-14+. The summed E-state index contributed by atoms with van der Waals surface area (Å²) in [5, 5.41) is 16.0. The zero-order valence-electron chi connectivity index (χ0n) is 23.8. The smallest absolute Gasteiger partial charge is 0.252 e. The zero-order valence-corrected chi connectivity index (χ0v) is 23.8. The number of anilines is 1. The summed E-state index contributed by atoms with van der Waals surface area (Å²) in [6.45, 7) is 3.73. The van der Waals surface area contributed by atoms with Crippen LogP contribution < -0.4 is 10.6 Å². The van der Waals surface area contributed by atoms with Crippen LogP contribution in [0, 0.1) is 34.6 Å². The molecule has 44 heavy (non-hydrogen) atoms. The Morgan fingerprint density at radius 2 is 1.45 bits per heavy atom. The van der Waals surface area contributed by atoms with Crippen molar-refractivity contribution in [2.45, 2.75) is 31.7 Å². The van der Waals surface area contributed by atoms with Crippen LogP contribution in [0.25, 0.3) is 12.2 Å². The van der Waals surface area contributed by atoms with Gasteiger partial charge in [-0.1, -0.05) is 12.1 Å². The molecule has 0 spiro atoms. The molecule has 0 aromatic heterocycles. The van der Waals surface area contributed by atoms with E-state index in [9.17, 15) is 32.4 Å². The first-order valence-corrected chi connectivity index (χ1v) is 14.4. The van der Waals surface area contributed by atoms with Crippen LogP contribution in [0.15, 0.2) is 65.7 Å². The SMILES string of the molecule is N#Cc1cc(NCCN2CCCC2)ccc1C(=O)NC1C/C(=C\c2ccc(F)c(F)c2)C(=O)/C(=C/c2ccc(F)c(F)c2)C1. The van der Waals surface area contributed by atoms with Gasteiger partial charge in [0.15, 0.2) is 29.1 Å². The fourth-order valence-corrected chi connectivity index (χ4v) is 5.52. The highest BCUT2D eigenvalue weighted by molar-refractivity contribution is 6.14. The van der Waals surface area contributed by atoms with Gasteiger partial charge in [-0.05, 0) is 105 Å². The van der Waals surface area contributed by atoms with Gasteiger partial charge in [0.05, 0.1) is 11.1 Å². The molecule has 2 fully saturated rings. The normalized spacial score (nSPS) is 18.9. The van der Waals surface area contributed by atoms with Crippen molar-refractivity contribution in [2.75, 3.05) is 31.5 Å². The fraction of sp³-hybridized carbons (Fsp3) is 0.265. The quantitative estimate of drug-likeness (QED) is 0.235. The summed E-state index contributed by atoms with van der Waals surface area (Å²) in [6, 6.07) is 12.8. The summed E-state index contributed by atoms with van der Waals surface area (Å²) < 4.78 is 54.8. The number of nitrogens with one attached hydrogen (secondary N) is 2. The van der Waals surface area contributed by atoms with Gasteiger partial charge in [0.1, 0.15) is 6.07 Å². The van der Waals surface area contributed by atoms with Crippen LogP contribution in [-0.4, -0.2) is 48.8 Å². The fourth-order valence-electron chi connectivity index (χ4n) is 5.52. The molecule has 0 atom stereocenters. The minimum Gasteiger partial charge on any atom is -0.384 e. The van der Waals surface area contributed by atoms with E-state index < -0.39 is 41.0 Å². The van der Waals surface area contributed by atoms with Crippen LogP contribution in [0.5, 0.6) is 0 Å². The molecule has 10 heteroatoms. The third-order valence-electron chi connectivity index (χ3n) is 7.76. The molecule has 1 heterocycles. The summed E-state index contributed by atoms with van der Waals surface area (Å²) in [4.78, 5) is 29.1. The van der Waals surface area contributed by atoms with Gasteiger partial charge in [-0.3, -0.25) is 9.59 Å². The second-order valence-electron chi connectivity index (χ2n) is 10.9. The van der Waals surface area contributed by atoms with E-state index in [1.54, 1.807) is 18.2 Å². The second kappa shape index (κ2) is 13.7. The van der Waals surface area contributed by atoms with Crippen LogP contribution in [-0.2, 0) is 4.79 Å². The minimum atomic E-state index is -1.08. The number of benzene rings is 3. The van der Waals surface area contributed by atoms with Gasteiger partial charge in [-0.25, -0.2) is 17.6 Å². The maximum Gasteiger partial charge on any atom is 0.252 e. The number of halogens is 4. The number of Topliss-reactive ketones (excluding diaryl/α,β-unsaturated/α-hetero) is 1. The van der Waals surface area contributed by atoms with Gasteiger partial charge in [0.2, 0.25) is 0 Å². The second-order valence-corrected chi connectivity index (χ2v) is 10.9. The van der Waals surface area contributed by atoms with Crippen molar-refractivity contribution in [3.05, 3.63) is 111 Å². The van der Waals surface area contributed by atoms with Crippen molar-refractivity contribution >= 4 is 29.5 Å². The number of ketones is 1. The predicted molar refractivity (Wildman–Crippen MR) is 159 cm³/mol. The summed E-state index contributed by atoms with van der Waals surface area (Å²) in [6.07, 6.45) is 5.34. The van der Waals surface area contributed by atoms with E-state index in [2.05, 4.69) is 21.6 Å². The van der Waals surface area contributed by atoms with Crippen molar-refractivity contribution in [2.24, 2.45) is 0 Å². The molecule has 1 saturated carbocycles. The summed E-state index contributed by atoms with van der Waals surface area (Å²) in [7, 11) is 0. The van der Waals surface area contributed by atoms with Gasteiger partial charge in [-0.15, -0.1) is 0 Å². The number of nitrogens with zero attached hydrogens (tertiary/aromatic N) is 2. The largest absolute Gasteiger partial charge is 0.384 e. The lowest BCUT2D eigenvalue weighted by Gasteiger charge is -2.27. The van der Waals surface area contributed by atoms with E-state index in [1.807, 2.05) is 0 Å². The maximum absolute atomic E-state index is 13.9. The average Bonchev–Trinajstić information content (AvgIpc) is 3.52. The molecule has 1 amide bonds. The first kappa shape index (κ1) is 30.7. The summed E-state index contributed by atoms with van der Waals surface area (Å²) in [5.41, 5.74) is 1.95. The van der Waals surface area contributed by atoms with E-state index in [-0.39, 0.29) is 46.2 Å². The molecule has 5 rings (SSSR count). The highest BCUT2D eigenvalue weighted by atomic mass is 19.2. The molecule has 1 aliphatic heterocycles. The van der Waals surface area contributed by atoms with Gasteiger partial charge in [-0.2, -0.15) is 5.26 Å². The Balaban J connectivity index is 1.37. The molecule has 0 radical (unpaired) electrons. The lowest BCUT2D eigenvalue weighted by atomic mass is 9.83. The van der Waals surface area contributed by atoms with Crippen LogP contribution >= 0.6 is 0 Å². The highest BCUT2D eigenvalue weighted by Crippen LogP contribution is 2.30. The average molecular weight is 603 g/mol. The molecular formula is C34H30F4N4O2. The Morgan fingerprint density at radius 3 is 2.00 bits per heavy atom. The zero-order chi connectivity index (χ0) is 31.2. The van der Waals surface area contributed by atoms with E-state index in [0.717, 1.165) is 43.9 Å². The molecule has 0 unspecified atom stereocenters. The Labute approximate surface area is 252 Å². The number of carbonyl (C=O) groups is 2. The van der Waals surface area contributed by atoms with Crippen molar-refractivity contribution < 1.29 is 27.2 Å². The van der Waals surface area contributed by atoms with E-state index >= 15 is 0 Å². The van der Waals surface area contributed by atoms with Crippen LogP contribution in [0.4, 0.5) is 23.2 Å². The van der Waals surface area contributed by atoms with E-state index in [1.165, 1.54) is 37.1 Å². The Hall–Kier alpha value is -4.75. The minimum absolute atomic E-state index is 0.0662. The van der Waals surface area contributed by atoms with Crippen molar-refractivity contribution in [1.29, 1.82) is 5.26 Å². The lowest BCUT2D eigenvalue weighted by molar-refractivity contribution is -0.113. The first-order valence-electron chi connectivity index (χ1n) is 14.4. The number of hydrogen-bond acceptors (Lipinski definition) is 5.